The van der Waals surface area contributed by atoms with E-state index < -0.39 is 0 Å². The van der Waals surface area contributed by atoms with Gasteiger partial charge in [-0.1, -0.05) is 0 Å². The first-order chi connectivity index (χ1) is 0. The summed E-state index contributed by atoms with van der Waals surface area (Å²) in [5.74, 6) is 0. The van der Waals surface area contributed by atoms with Crippen LogP contribution in [-0.4, -0.2) is 0 Å². The zero-order chi connectivity index (χ0) is 0. The molecule has 10 heteroatoms. The molecule has 0 heterocycles. The summed E-state index contributed by atoms with van der Waals surface area (Å²) >= 11 is 0. The maximum Gasteiger partial charge on any atom is 3.00 e. The van der Waals surface area contributed by atoms with E-state index in [4.69, 9.17) is 0 Å². The molecule has 0 unspecified atom stereocenters. The van der Waals surface area contributed by atoms with Crippen LogP contribution in [0.4, 0.5) is 0 Å². The minimum Gasteiger partial charge on any atom is -1.00 e. The van der Waals surface area contributed by atoms with E-state index in [2.05, 4.69) is 0 Å². The molecule has 0 rings (SSSR count). The molecule has 0 aromatic heterocycles. The van der Waals surface area contributed by atoms with Crippen molar-refractivity contribution in [2.24, 2.45) is 0 Å². The molecule has 1 nitrogen and oxygen atoms in total. The fraction of sp³-hybridized carbons (Fsp3) is 0. The van der Waals surface area contributed by atoms with Crippen molar-refractivity contribution in [2.45, 2.75) is 0 Å². The Balaban J connectivity index is 0. The predicted molar refractivity (Wildman–Crippen MR) is 5.98 cm³/mol. The van der Waals surface area contributed by atoms with Gasteiger partial charge in [0.25, 0.3) is 0 Å². The van der Waals surface area contributed by atoms with Crippen LogP contribution in [0.2, 0.25) is 0 Å². The Morgan fingerprint density at radius 1 is 0.400 bits per heavy atom. The molecule has 10 heavy (non-hydrogen) atoms. The Kier molecular flexibility index (Phi) is 984. The minimum atomic E-state index is 0. The Morgan fingerprint density at radius 3 is 0.400 bits per heavy atom. The second kappa shape index (κ2) is 89.2. The predicted octanol–water partition coefficient (Wildman–Crippen LogP) is -23.6. The van der Waals surface area contributed by atoms with Gasteiger partial charge in [-0.05, 0) is 0 Å². The van der Waals surface area contributed by atoms with E-state index in [0.29, 0.717) is 0 Å². The van der Waals surface area contributed by atoms with Crippen LogP contribution in [0, 0.1) is 0 Å². The smallest absolute Gasteiger partial charge is 1.00 e. The molecule has 0 atom stereocenters. The zero-order valence-electron chi connectivity index (χ0n) is 5.62. The van der Waals surface area contributed by atoms with Crippen LogP contribution in [0.15, 0.2) is 0 Å². The molecule has 0 bridgehead atoms. The first-order valence-electron chi connectivity index (χ1n) is 0. The summed E-state index contributed by atoms with van der Waals surface area (Å²) in [4.78, 5) is 0. The molecule has 0 amide bonds. The number of rotatable bonds is 0. The van der Waals surface area contributed by atoms with Crippen molar-refractivity contribution >= 4 is 0 Å². The molecule has 0 aliphatic carbocycles. The van der Waals surface area contributed by atoms with Gasteiger partial charge in [0.1, 0.15) is 0 Å². The maximum absolute atomic E-state index is 0. The van der Waals surface area contributed by atoms with Crippen molar-refractivity contribution in [2.75, 3.05) is 0 Å². The molecule has 0 aromatic carbocycles. The normalized spacial score (nSPS) is 0. The molecule has 0 saturated carbocycles. The van der Waals surface area contributed by atoms with Gasteiger partial charge in [-0.3, -0.25) is 0 Å². The van der Waals surface area contributed by atoms with Crippen molar-refractivity contribution in [1.82, 2.24) is 6.15 Å². The number of hydrogen-bond donors (Lipinski definition) is 1. The quantitative estimate of drug-likeness (QED) is 0.269. The van der Waals surface area contributed by atoms with E-state index >= 15 is 0 Å². The SMILES string of the molecule is [Br-].[Br-].[Br-].[Br-].[Br-].[Br-].[Fe+3].[NH4+].[Na+].[Na+]. The van der Waals surface area contributed by atoms with Crippen molar-refractivity contribution in [1.29, 1.82) is 0 Å². The van der Waals surface area contributed by atoms with Crippen LogP contribution in [0.25, 0.3) is 0 Å². The van der Waals surface area contributed by atoms with Gasteiger partial charge in [-0.2, -0.15) is 0 Å². The molecule has 0 spiro atoms. The van der Waals surface area contributed by atoms with E-state index in [1.807, 2.05) is 0 Å². The summed E-state index contributed by atoms with van der Waals surface area (Å²) in [6.07, 6.45) is 0. The molecule has 0 aromatic rings. The van der Waals surface area contributed by atoms with Crippen molar-refractivity contribution in [3.05, 3.63) is 0 Å². The first kappa shape index (κ1) is 110. The summed E-state index contributed by atoms with van der Waals surface area (Å²) in [6, 6.07) is 0. The Bertz CT molecular complexity index is 15.7. The molecule has 0 aliphatic heterocycles. The fourth-order valence-corrected chi connectivity index (χ4v) is 0. The zero-order valence-corrected chi connectivity index (χ0v) is 20.2. The molecule has 1 radical (unpaired) electrons. The van der Waals surface area contributed by atoms with E-state index in [9.17, 15) is 0 Å². The average Bonchev–Trinajstić information content (AvgIpc) is 0. The van der Waals surface area contributed by atoms with Crippen LogP contribution in [0.1, 0.15) is 0 Å². The van der Waals surface area contributed by atoms with Gasteiger partial charge in [0.15, 0.2) is 0 Å². The Morgan fingerprint density at radius 2 is 0.400 bits per heavy atom. The van der Waals surface area contributed by atoms with Gasteiger partial charge in [-0.15, -0.1) is 0 Å². The average molecular weight is 599 g/mol. The number of hydrogen-bond acceptors (Lipinski definition) is 0. The van der Waals surface area contributed by atoms with Crippen LogP contribution in [-0.2, 0) is 17.1 Å². The second-order valence-corrected chi connectivity index (χ2v) is 0. The van der Waals surface area contributed by atoms with Crippen LogP contribution < -0.4 is 167 Å². The van der Waals surface area contributed by atoms with Gasteiger partial charge in [-0.25, -0.2) is 0 Å². The Labute approximate surface area is 180 Å². The van der Waals surface area contributed by atoms with Crippen molar-refractivity contribution < 1.29 is 178 Å². The Hall–Kier alpha value is 5.36. The summed E-state index contributed by atoms with van der Waals surface area (Å²) < 4.78 is 0. The van der Waals surface area contributed by atoms with Crippen molar-refractivity contribution in [3.63, 3.8) is 0 Å². The first-order valence-corrected chi connectivity index (χ1v) is 0. The van der Waals surface area contributed by atoms with Gasteiger partial charge < -0.3 is 108 Å². The second-order valence-electron chi connectivity index (χ2n) is 0. The van der Waals surface area contributed by atoms with Gasteiger partial charge >= 0.3 is 76.2 Å². The standard InChI is InChI=1S/6BrH.Fe.H3N.2Na/h6*1H;;1H3;;/q;;;;;;+3;;2*+1/p-5. The van der Waals surface area contributed by atoms with Gasteiger partial charge in [0.2, 0.25) is 0 Å². The summed E-state index contributed by atoms with van der Waals surface area (Å²) in [5, 5.41) is 0. The van der Waals surface area contributed by atoms with Crippen LogP contribution >= 0.6 is 0 Å². The van der Waals surface area contributed by atoms with E-state index in [0.717, 1.165) is 0 Å². The van der Waals surface area contributed by atoms with E-state index in [1.165, 1.54) is 0 Å². The summed E-state index contributed by atoms with van der Waals surface area (Å²) in [5.41, 5.74) is 0. The topological polar surface area (TPSA) is 36.5 Å². The molecule has 0 saturated heterocycles. The molecule has 4 N–H and O–H groups in total. The third-order valence-electron chi connectivity index (χ3n) is 0. The minimum absolute atomic E-state index is 0. The molecular weight excluding hydrogens is 595 g/mol. The van der Waals surface area contributed by atoms with Gasteiger partial charge in [0.05, 0.1) is 0 Å². The molecule has 0 fully saturated rings. The molecular formula is H4Br6FeNNa2. The third kappa shape index (κ3) is 71.0. The van der Waals surface area contributed by atoms with Crippen LogP contribution in [0.3, 0.4) is 0 Å². The number of halogens is 6. The maximum atomic E-state index is 0. The monoisotopic (exact) mass is 593 g/mol. The van der Waals surface area contributed by atoms with Crippen LogP contribution in [0.5, 0.6) is 0 Å². The third-order valence-corrected chi connectivity index (χ3v) is 0. The molecule has 0 aliphatic rings. The van der Waals surface area contributed by atoms with E-state index in [-0.39, 0.29) is 184 Å². The number of quaternary nitrogens is 1. The van der Waals surface area contributed by atoms with Gasteiger partial charge in [0, 0.05) is 0 Å². The van der Waals surface area contributed by atoms with Crippen molar-refractivity contribution in [3.8, 4) is 0 Å². The summed E-state index contributed by atoms with van der Waals surface area (Å²) in [6.45, 7) is 0. The largest absolute Gasteiger partial charge is 3.00 e. The fourth-order valence-electron chi connectivity index (χ4n) is 0. The molecule has 61 valence electrons. The van der Waals surface area contributed by atoms with E-state index in [1.54, 1.807) is 0 Å². The summed E-state index contributed by atoms with van der Waals surface area (Å²) in [7, 11) is 0.